The normalized spacial score (nSPS) is 28.3. The summed E-state index contributed by atoms with van der Waals surface area (Å²) in [4.78, 5) is 4.59. The molecule has 0 bridgehead atoms. The van der Waals surface area contributed by atoms with Crippen LogP contribution in [-0.4, -0.2) is 55.1 Å². The minimum atomic E-state index is -0.337. The number of hydrogen-bond acceptors (Lipinski definition) is 4. The molecule has 0 saturated carbocycles. The van der Waals surface area contributed by atoms with Crippen molar-refractivity contribution in [3.8, 4) is 6.07 Å². The largest absolute Gasteiger partial charge is 0.315 e. The van der Waals surface area contributed by atoms with Crippen LogP contribution in [0.5, 0.6) is 0 Å². The van der Waals surface area contributed by atoms with Gasteiger partial charge in [0.05, 0.1) is 6.07 Å². The number of nitrogens with two attached hydrogens (primary N) is 1. The summed E-state index contributed by atoms with van der Waals surface area (Å²) in [7, 11) is 2.13. The summed E-state index contributed by atoms with van der Waals surface area (Å²) in [5.41, 5.74) is 5.57. The van der Waals surface area contributed by atoms with Gasteiger partial charge in [-0.05, 0) is 14.0 Å². The summed E-state index contributed by atoms with van der Waals surface area (Å²) in [6.45, 7) is 6.01. The summed E-state index contributed by atoms with van der Waals surface area (Å²) in [5.74, 6) is 0. The topological polar surface area (TPSA) is 56.3 Å². The Balaban J connectivity index is 2.34. The molecule has 0 aromatic carbocycles. The van der Waals surface area contributed by atoms with E-state index >= 15 is 0 Å². The Bertz CT molecular complexity index is 198. The fourth-order valence-electron chi connectivity index (χ4n) is 1.61. The molecule has 1 saturated heterocycles. The molecule has 2 atom stereocenters. The lowest BCUT2D eigenvalue weighted by Gasteiger charge is -2.37. The Hall–Kier alpha value is -0.630. The van der Waals surface area contributed by atoms with Crippen LogP contribution >= 0.6 is 0 Å². The third-order valence-electron chi connectivity index (χ3n) is 2.66. The maximum absolute atomic E-state index is 8.57. The quantitative estimate of drug-likeness (QED) is 0.624. The zero-order valence-corrected chi connectivity index (χ0v) is 8.40. The Morgan fingerprint density at radius 1 is 1.62 bits per heavy atom. The molecule has 4 heteroatoms. The van der Waals surface area contributed by atoms with Gasteiger partial charge in [0.1, 0.15) is 6.04 Å². The molecule has 0 amide bonds. The van der Waals surface area contributed by atoms with E-state index in [4.69, 9.17) is 11.0 Å². The van der Waals surface area contributed by atoms with Crippen LogP contribution in [0.15, 0.2) is 0 Å². The minimum Gasteiger partial charge on any atom is -0.315 e. The third kappa shape index (κ3) is 2.96. The first-order valence-corrected chi connectivity index (χ1v) is 4.71. The third-order valence-corrected chi connectivity index (χ3v) is 2.66. The first-order valence-electron chi connectivity index (χ1n) is 4.71. The molecule has 1 heterocycles. The molecule has 1 aliphatic heterocycles. The molecular weight excluding hydrogens is 164 g/mol. The highest BCUT2D eigenvalue weighted by Crippen LogP contribution is 2.06. The lowest BCUT2D eigenvalue weighted by atomic mass is 10.2. The molecule has 2 N–H and O–H groups in total. The second-order valence-electron chi connectivity index (χ2n) is 3.82. The molecule has 2 unspecified atom stereocenters. The van der Waals surface area contributed by atoms with E-state index < -0.39 is 0 Å². The van der Waals surface area contributed by atoms with Crippen LogP contribution in [0.1, 0.15) is 6.92 Å². The van der Waals surface area contributed by atoms with Crippen molar-refractivity contribution in [1.29, 1.82) is 5.26 Å². The lowest BCUT2D eigenvalue weighted by molar-refractivity contribution is 0.104. The second-order valence-corrected chi connectivity index (χ2v) is 3.82. The zero-order chi connectivity index (χ0) is 9.84. The molecule has 1 fully saturated rings. The van der Waals surface area contributed by atoms with Gasteiger partial charge >= 0.3 is 0 Å². The maximum atomic E-state index is 8.57. The van der Waals surface area contributed by atoms with Crippen LogP contribution in [0.4, 0.5) is 0 Å². The molecule has 1 aliphatic rings. The number of likely N-dealkylation sites (N-methyl/N-ethyl adjacent to an activating group) is 1. The average Bonchev–Trinajstić information content (AvgIpc) is 2.11. The van der Waals surface area contributed by atoms with E-state index in [1.807, 2.05) is 0 Å². The van der Waals surface area contributed by atoms with Crippen molar-refractivity contribution in [2.45, 2.75) is 19.0 Å². The maximum Gasteiger partial charge on any atom is 0.106 e. The minimum absolute atomic E-state index is 0.337. The van der Waals surface area contributed by atoms with E-state index in [0.29, 0.717) is 12.6 Å². The number of nitriles is 1. The van der Waals surface area contributed by atoms with Crippen molar-refractivity contribution in [2.75, 3.05) is 33.2 Å². The van der Waals surface area contributed by atoms with E-state index in [1.165, 1.54) is 0 Å². The molecular formula is C9H18N4. The van der Waals surface area contributed by atoms with Gasteiger partial charge in [0.2, 0.25) is 0 Å². The first kappa shape index (κ1) is 10.5. The SMILES string of the molecule is CC1CN(CC(N)C#N)CCN1C. The molecule has 0 aromatic heterocycles. The standard InChI is InChI=1S/C9H18N4/c1-8-6-13(4-3-12(8)2)7-9(11)5-10/h8-9H,3-4,6-7,11H2,1-2H3. The first-order chi connectivity index (χ1) is 6.13. The number of piperazine rings is 1. The average molecular weight is 182 g/mol. The van der Waals surface area contributed by atoms with Crippen molar-refractivity contribution in [3.05, 3.63) is 0 Å². The molecule has 13 heavy (non-hydrogen) atoms. The summed E-state index contributed by atoms with van der Waals surface area (Å²) in [6, 6.07) is 2.29. The number of nitrogens with zero attached hydrogens (tertiary/aromatic N) is 3. The predicted molar refractivity (Wildman–Crippen MR) is 52.1 cm³/mol. The monoisotopic (exact) mass is 182 g/mol. The Kier molecular flexibility index (Phi) is 3.67. The predicted octanol–water partition coefficient (Wildman–Crippen LogP) is -0.527. The van der Waals surface area contributed by atoms with Crippen LogP contribution in [0.3, 0.4) is 0 Å². The van der Waals surface area contributed by atoms with Gasteiger partial charge in [-0.25, -0.2) is 0 Å². The summed E-state index contributed by atoms with van der Waals surface area (Å²) < 4.78 is 0. The molecule has 1 rings (SSSR count). The fraction of sp³-hybridized carbons (Fsp3) is 0.889. The van der Waals surface area contributed by atoms with Gasteiger partial charge in [-0.3, -0.25) is 4.90 Å². The zero-order valence-electron chi connectivity index (χ0n) is 8.40. The molecule has 0 aromatic rings. The Morgan fingerprint density at radius 3 is 2.85 bits per heavy atom. The van der Waals surface area contributed by atoms with Crippen LogP contribution in [0.2, 0.25) is 0 Å². The van der Waals surface area contributed by atoms with Crippen molar-refractivity contribution < 1.29 is 0 Å². The van der Waals surface area contributed by atoms with E-state index in [9.17, 15) is 0 Å². The Labute approximate surface area is 79.9 Å². The van der Waals surface area contributed by atoms with Gasteiger partial charge < -0.3 is 10.6 Å². The van der Waals surface area contributed by atoms with Crippen LogP contribution < -0.4 is 5.73 Å². The molecule has 4 nitrogen and oxygen atoms in total. The fourth-order valence-corrected chi connectivity index (χ4v) is 1.61. The summed E-state index contributed by atoms with van der Waals surface area (Å²) in [5, 5.41) is 8.57. The van der Waals surface area contributed by atoms with Crippen LogP contribution in [0, 0.1) is 11.3 Å². The summed E-state index contributed by atoms with van der Waals surface area (Å²) in [6.07, 6.45) is 0. The number of rotatable bonds is 2. The lowest BCUT2D eigenvalue weighted by Crippen LogP contribution is -2.52. The van der Waals surface area contributed by atoms with Gasteiger partial charge in [-0.1, -0.05) is 0 Å². The van der Waals surface area contributed by atoms with Crippen LogP contribution in [0.25, 0.3) is 0 Å². The Morgan fingerprint density at radius 2 is 2.31 bits per heavy atom. The van der Waals surface area contributed by atoms with Gasteiger partial charge in [0.15, 0.2) is 0 Å². The number of hydrogen-bond donors (Lipinski definition) is 1. The van der Waals surface area contributed by atoms with Crippen molar-refractivity contribution in [3.63, 3.8) is 0 Å². The highest BCUT2D eigenvalue weighted by Gasteiger charge is 2.21. The smallest absolute Gasteiger partial charge is 0.106 e. The highest BCUT2D eigenvalue weighted by molar-refractivity contribution is 4.90. The summed E-state index contributed by atoms with van der Waals surface area (Å²) >= 11 is 0. The van der Waals surface area contributed by atoms with Crippen molar-refractivity contribution in [2.24, 2.45) is 5.73 Å². The van der Waals surface area contributed by atoms with Gasteiger partial charge in [0.25, 0.3) is 0 Å². The van der Waals surface area contributed by atoms with E-state index in [1.54, 1.807) is 0 Å². The van der Waals surface area contributed by atoms with E-state index in [0.717, 1.165) is 19.6 Å². The second kappa shape index (κ2) is 4.56. The van der Waals surface area contributed by atoms with Crippen molar-refractivity contribution >= 4 is 0 Å². The van der Waals surface area contributed by atoms with E-state index in [-0.39, 0.29) is 6.04 Å². The van der Waals surface area contributed by atoms with Gasteiger partial charge in [-0.2, -0.15) is 5.26 Å². The highest BCUT2D eigenvalue weighted by atomic mass is 15.3. The molecule has 74 valence electrons. The van der Waals surface area contributed by atoms with Crippen molar-refractivity contribution in [1.82, 2.24) is 9.80 Å². The van der Waals surface area contributed by atoms with Gasteiger partial charge in [-0.15, -0.1) is 0 Å². The van der Waals surface area contributed by atoms with Crippen LogP contribution in [-0.2, 0) is 0 Å². The van der Waals surface area contributed by atoms with E-state index in [2.05, 4.69) is 29.8 Å². The molecule has 0 spiro atoms. The van der Waals surface area contributed by atoms with Gasteiger partial charge in [0, 0.05) is 32.2 Å². The molecule has 0 radical (unpaired) electrons. The molecule has 0 aliphatic carbocycles.